The average Bonchev–Trinajstić information content (AvgIpc) is 2.96. The van der Waals surface area contributed by atoms with Gasteiger partial charge in [0.05, 0.1) is 18.8 Å². The first kappa shape index (κ1) is 27.4. The molecule has 0 spiro atoms. The lowest BCUT2D eigenvalue weighted by atomic mass is 9.98. The largest absolute Gasteiger partial charge is 0.535 e. The number of ether oxygens (including phenoxy) is 1. The van der Waals surface area contributed by atoms with Crippen molar-refractivity contribution in [2.24, 2.45) is 5.92 Å². The van der Waals surface area contributed by atoms with Crippen LogP contribution in [0.5, 0.6) is 5.75 Å². The quantitative estimate of drug-likeness (QED) is 0.195. The molecule has 4 aromatic carbocycles. The molecule has 1 N–H and O–H groups in total. The lowest BCUT2D eigenvalue weighted by Crippen LogP contribution is -2.63. The molecule has 0 saturated carbocycles. The summed E-state index contributed by atoms with van der Waals surface area (Å²) in [7, 11) is -1.26. The van der Waals surface area contributed by atoms with Gasteiger partial charge in [-0.05, 0) is 64.5 Å². The lowest BCUT2D eigenvalue weighted by molar-refractivity contribution is 0.0599. The molecular weight excluding hydrogens is 488 g/mol. The number of carbonyl (C=O) groups is 1. The van der Waals surface area contributed by atoms with E-state index in [0.29, 0.717) is 24.3 Å². The summed E-state index contributed by atoms with van der Waals surface area (Å²) in [6, 6.07) is 37.2. The van der Waals surface area contributed by atoms with E-state index in [0.717, 1.165) is 22.9 Å². The van der Waals surface area contributed by atoms with Crippen LogP contribution in [0.1, 0.15) is 47.9 Å². The third-order valence-corrected chi connectivity index (χ3v) is 11.3. The van der Waals surface area contributed by atoms with Crippen molar-refractivity contribution >= 4 is 24.7 Å². The standard InChI is InChI=1S/C33H36O4Si/c1-25(2)24-38(29-16-6-4-7-17-29,30-18-8-5-9-19-30)37-28-15-12-14-27(23-28)32(34)22-21-26-13-10-11-20-31(26)33(35)36-3/h4-20,23,25,32,34H,21-22,24H2,1-3H3. The summed E-state index contributed by atoms with van der Waals surface area (Å²) in [6.45, 7) is 4.48. The van der Waals surface area contributed by atoms with Gasteiger partial charge in [0, 0.05) is 0 Å². The van der Waals surface area contributed by atoms with Crippen LogP contribution in [0.2, 0.25) is 6.04 Å². The van der Waals surface area contributed by atoms with E-state index in [4.69, 9.17) is 9.16 Å². The number of esters is 1. The van der Waals surface area contributed by atoms with Gasteiger partial charge in [-0.1, -0.05) is 105 Å². The van der Waals surface area contributed by atoms with E-state index in [1.807, 2.05) is 54.6 Å². The predicted molar refractivity (Wildman–Crippen MR) is 156 cm³/mol. The second kappa shape index (κ2) is 12.7. The van der Waals surface area contributed by atoms with Crippen molar-refractivity contribution in [2.45, 2.75) is 38.8 Å². The average molecular weight is 525 g/mol. The minimum atomic E-state index is -2.64. The molecule has 0 aliphatic carbocycles. The van der Waals surface area contributed by atoms with Crippen molar-refractivity contribution in [1.29, 1.82) is 0 Å². The predicted octanol–water partition coefficient (Wildman–Crippen LogP) is 5.93. The monoisotopic (exact) mass is 524 g/mol. The molecule has 4 nitrogen and oxygen atoms in total. The van der Waals surface area contributed by atoms with E-state index in [2.05, 4.69) is 62.4 Å². The Labute approximate surface area is 227 Å². The van der Waals surface area contributed by atoms with E-state index in [1.54, 1.807) is 6.07 Å². The molecule has 0 radical (unpaired) electrons. The Morgan fingerprint density at radius 1 is 0.816 bits per heavy atom. The number of aryl methyl sites for hydroxylation is 1. The molecule has 4 rings (SSSR count). The van der Waals surface area contributed by atoms with Crippen LogP contribution < -0.4 is 14.8 Å². The van der Waals surface area contributed by atoms with E-state index in [-0.39, 0.29) is 5.97 Å². The Bertz CT molecular complexity index is 1280. The Hall–Kier alpha value is -3.67. The number of aliphatic hydroxyl groups excluding tert-OH is 1. The van der Waals surface area contributed by atoms with Crippen LogP contribution in [0.15, 0.2) is 109 Å². The molecule has 196 valence electrons. The van der Waals surface area contributed by atoms with Crippen LogP contribution in [-0.2, 0) is 11.2 Å². The molecule has 0 amide bonds. The molecule has 1 unspecified atom stereocenters. The van der Waals surface area contributed by atoms with Crippen molar-refractivity contribution in [3.63, 3.8) is 0 Å². The maximum atomic E-state index is 12.1. The van der Waals surface area contributed by atoms with Gasteiger partial charge in [0.15, 0.2) is 0 Å². The molecule has 0 bridgehead atoms. The molecule has 0 saturated heterocycles. The molecule has 5 heteroatoms. The highest BCUT2D eigenvalue weighted by Crippen LogP contribution is 2.28. The van der Waals surface area contributed by atoms with Gasteiger partial charge in [0.2, 0.25) is 0 Å². The summed E-state index contributed by atoms with van der Waals surface area (Å²) in [5, 5.41) is 13.6. The van der Waals surface area contributed by atoms with Crippen LogP contribution in [0, 0.1) is 5.92 Å². The number of benzene rings is 4. The van der Waals surface area contributed by atoms with Gasteiger partial charge in [-0.2, -0.15) is 0 Å². The van der Waals surface area contributed by atoms with E-state index in [1.165, 1.54) is 17.5 Å². The first-order valence-corrected chi connectivity index (χ1v) is 15.3. The SMILES string of the molecule is COC(=O)c1ccccc1CCC(O)c1cccc(O[Si](CC(C)C)(c2ccccc2)c2ccccc2)c1. The number of rotatable bonds is 11. The normalized spacial score (nSPS) is 12.2. The van der Waals surface area contributed by atoms with Crippen molar-refractivity contribution in [3.05, 3.63) is 126 Å². The van der Waals surface area contributed by atoms with Crippen LogP contribution >= 0.6 is 0 Å². The Morgan fingerprint density at radius 3 is 2.03 bits per heavy atom. The van der Waals surface area contributed by atoms with Crippen LogP contribution in [0.25, 0.3) is 0 Å². The summed E-state index contributed by atoms with van der Waals surface area (Å²) in [6.07, 6.45) is 0.333. The maximum absolute atomic E-state index is 12.1. The molecule has 1 atom stereocenters. The first-order valence-electron chi connectivity index (χ1n) is 13.2. The summed E-state index contributed by atoms with van der Waals surface area (Å²) in [4.78, 5) is 12.1. The number of hydrogen-bond acceptors (Lipinski definition) is 4. The summed E-state index contributed by atoms with van der Waals surface area (Å²) in [5.41, 5.74) is 2.20. The zero-order valence-corrected chi connectivity index (χ0v) is 23.3. The molecule has 4 aromatic rings. The smallest absolute Gasteiger partial charge is 0.338 e. The molecule has 0 aromatic heterocycles. The number of carbonyl (C=O) groups excluding carboxylic acids is 1. The third-order valence-electron chi connectivity index (χ3n) is 6.82. The van der Waals surface area contributed by atoms with Gasteiger partial charge in [-0.3, -0.25) is 0 Å². The van der Waals surface area contributed by atoms with E-state index in [9.17, 15) is 9.90 Å². The number of aliphatic hydroxyl groups is 1. The van der Waals surface area contributed by atoms with Crippen molar-refractivity contribution < 1.29 is 19.1 Å². The highest BCUT2D eigenvalue weighted by molar-refractivity contribution is 6.98. The molecule has 0 aliphatic heterocycles. The fourth-order valence-electron chi connectivity index (χ4n) is 5.04. The van der Waals surface area contributed by atoms with Crippen molar-refractivity contribution in [1.82, 2.24) is 0 Å². The van der Waals surface area contributed by atoms with Gasteiger partial charge >= 0.3 is 14.3 Å². The van der Waals surface area contributed by atoms with Gasteiger partial charge < -0.3 is 14.3 Å². The van der Waals surface area contributed by atoms with Crippen LogP contribution in [0.4, 0.5) is 0 Å². The number of methoxy groups -OCH3 is 1. The molecule has 0 fully saturated rings. The molecular formula is C33H36O4Si. The van der Waals surface area contributed by atoms with Gasteiger partial charge in [-0.15, -0.1) is 0 Å². The Balaban J connectivity index is 1.62. The second-order valence-electron chi connectivity index (χ2n) is 10.0. The molecule has 0 heterocycles. The zero-order valence-electron chi connectivity index (χ0n) is 22.3. The highest BCUT2D eigenvalue weighted by atomic mass is 28.4. The highest BCUT2D eigenvalue weighted by Gasteiger charge is 2.42. The Kier molecular flexibility index (Phi) is 9.16. The maximum Gasteiger partial charge on any atom is 0.338 e. The van der Waals surface area contributed by atoms with Crippen molar-refractivity contribution in [3.8, 4) is 5.75 Å². The van der Waals surface area contributed by atoms with Gasteiger partial charge in [0.1, 0.15) is 5.75 Å². The summed E-state index contributed by atoms with van der Waals surface area (Å²) < 4.78 is 12.0. The van der Waals surface area contributed by atoms with Crippen LogP contribution in [0.3, 0.4) is 0 Å². The zero-order chi connectivity index (χ0) is 27.0. The minimum absolute atomic E-state index is 0.362. The molecule has 38 heavy (non-hydrogen) atoms. The Morgan fingerprint density at radius 2 is 1.42 bits per heavy atom. The summed E-state index contributed by atoms with van der Waals surface area (Å²) >= 11 is 0. The molecule has 0 aliphatic rings. The summed E-state index contributed by atoms with van der Waals surface area (Å²) in [5.74, 6) is 0.834. The number of hydrogen-bond donors (Lipinski definition) is 1. The third kappa shape index (κ3) is 6.41. The van der Waals surface area contributed by atoms with Gasteiger partial charge in [-0.25, -0.2) is 4.79 Å². The lowest BCUT2D eigenvalue weighted by Gasteiger charge is -2.34. The minimum Gasteiger partial charge on any atom is -0.535 e. The fraction of sp³-hybridized carbons (Fsp3) is 0.242. The van der Waals surface area contributed by atoms with E-state index < -0.39 is 14.4 Å². The first-order chi connectivity index (χ1) is 18.4. The fourth-order valence-corrected chi connectivity index (χ4v) is 9.31. The second-order valence-corrected chi connectivity index (χ2v) is 13.5. The van der Waals surface area contributed by atoms with E-state index >= 15 is 0 Å². The van der Waals surface area contributed by atoms with Gasteiger partial charge in [0.25, 0.3) is 0 Å². The van der Waals surface area contributed by atoms with Crippen LogP contribution in [-0.4, -0.2) is 26.5 Å². The topological polar surface area (TPSA) is 55.8 Å². The van der Waals surface area contributed by atoms with Crippen molar-refractivity contribution in [2.75, 3.05) is 7.11 Å².